The Balaban J connectivity index is 0.00000147. The number of hydrogen-bond donors (Lipinski definition) is 2. The molecule has 0 saturated heterocycles. The van der Waals surface area contributed by atoms with Crippen molar-refractivity contribution < 1.29 is 5.11 Å². The summed E-state index contributed by atoms with van der Waals surface area (Å²) in [7, 11) is 0. The van der Waals surface area contributed by atoms with E-state index in [4.69, 9.17) is 0 Å². The van der Waals surface area contributed by atoms with Gasteiger partial charge in [-0.25, -0.2) is 0 Å². The number of phenols is 1. The molecule has 4 rings (SSSR count). The Kier molecular flexibility index (Phi) is 4.36. The number of rotatable bonds is 3. The molecule has 4 atom stereocenters. The third-order valence-corrected chi connectivity index (χ3v) is 5.86. The van der Waals surface area contributed by atoms with Crippen molar-refractivity contribution in [1.29, 1.82) is 0 Å². The zero-order valence-electron chi connectivity index (χ0n) is 12.6. The molecule has 1 aromatic rings. The van der Waals surface area contributed by atoms with Gasteiger partial charge in [-0.3, -0.25) is 0 Å². The Morgan fingerprint density at radius 3 is 2.40 bits per heavy atom. The maximum Gasteiger partial charge on any atom is 0.115 e. The lowest BCUT2D eigenvalue weighted by molar-refractivity contribution is -0.115. The van der Waals surface area contributed by atoms with E-state index in [-0.39, 0.29) is 12.4 Å². The normalized spacial score (nSPS) is 34.0. The molecule has 112 valence electrons. The van der Waals surface area contributed by atoms with Gasteiger partial charge in [-0.2, -0.15) is 0 Å². The Hall–Kier alpha value is -0.730. The number of hydrogen-bond acceptors (Lipinski definition) is 2. The molecule has 3 heteroatoms. The van der Waals surface area contributed by atoms with Gasteiger partial charge in [0.05, 0.1) is 0 Å². The fraction of sp³-hybridized carbons (Fsp3) is 0.647. The average Bonchev–Trinajstić information content (AvgIpc) is 2.38. The summed E-state index contributed by atoms with van der Waals surface area (Å²) in [5, 5.41) is 13.0. The van der Waals surface area contributed by atoms with Crippen molar-refractivity contribution in [3.8, 4) is 5.75 Å². The maximum atomic E-state index is 9.29. The van der Waals surface area contributed by atoms with Crippen LogP contribution in [-0.4, -0.2) is 11.1 Å². The second-order valence-electron chi connectivity index (χ2n) is 7.11. The predicted molar refractivity (Wildman–Crippen MR) is 85.1 cm³/mol. The summed E-state index contributed by atoms with van der Waals surface area (Å²) in [6.07, 6.45) is 2.76. The molecular formula is C17H26ClNO. The molecule has 2 nitrogen and oxygen atoms in total. The monoisotopic (exact) mass is 295 g/mol. The Morgan fingerprint density at radius 1 is 1.20 bits per heavy atom. The quantitative estimate of drug-likeness (QED) is 0.884. The third-order valence-electron chi connectivity index (χ3n) is 5.86. The van der Waals surface area contributed by atoms with Crippen LogP contribution in [0.1, 0.15) is 39.2 Å². The topological polar surface area (TPSA) is 32.3 Å². The lowest BCUT2D eigenvalue weighted by Gasteiger charge is -2.62. The highest BCUT2D eigenvalue weighted by Gasteiger charge is 2.55. The van der Waals surface area contributed by atoms with Crippen LogP contribution in [-0.2, 0) is 6.54 Å². The molecule has 20 heavy (non-hydrogen) atoms. The number of nitrogens with one attached hydrogen (secondary N) is 1. The molecule has 2 N–H and O–H groups in total. The highest BCUT2D eigenvalue weighted by molar-refractivity contribution is 5.85. The van der Waals surface area contributed by atoms with Gasteiger partial charge in [0.25, 0.3) is 0 Å². The number of aromatic hydroxyl groups is 1. The zero-order chi connectivity index (χ0) is 13.6. The van der Waals surface area contributed by atoms with Gasteiger partial charge < -0.3 is 10.4 Å². The van der Waals surface area contributed by atoms with Crippen LogP contribution < -0.4 is 5.32 Å². The maximum absolute atomic E-state index is 9.29. The minimum Gasteiger partial charge on any atom is -0.508 e. The van der Waals surface area contributed by atoms with Crippen LogP contribution >= 0.6 is 12.4 Å². The van der Waals surface area contributed by atoms with Crippen LogP contribution in [0.4, 0.5) is 0 Å². The van der Waals surface area contributed by atoms with Crippen LogP contribution in [0.3, 0.4) is 0 Å². The van der Waals surface area contributed by atoms with E-state index in [1.54, 1.807) is 12.1 Å². The molecule has 0 amide bonds. The van der Waals surface area contributed by atoms with E-state index in [0.29, 0.717) is 17.2 Å². The van der Waals surface area contributed by atoms with Gasteiger partial charge in [0.15, 0.2) is 0 Å². The highest BCUT2D eigenvalue weighted by atomic mass is 35.5. The Morgan fingerprint density at radius 2 is 1.85 bits per heavy atom. The largest absolute Gasteiger partial charge is 0.508 e. The molecule has 0 aromatic heterocycles. The molecule has 3 fully saturated rings. The van der Waals surface area contributed by atoms with Gasteiger partial charge in [-0.1, -0.05) is 32.9 Å². The van der Waals surface area contributed by atoms with Crippen molar-refractivity contribution >= 4 is 12.4 Å². The summed E-state index contributed by atoms with van der Waals surface area (Å²) >= 11 is 0. The molecule has 2 bridgehead atoms. The molecule has 0 heterocycles. The van der Waals surface area contributed by atoms with E-state index in [0.717, 1.165) is 24.3 Å². The van der Waals surface area contributed by atoms with Gasteiger partial charge in [0.1, 0.15) is 5.75 Å². The van der Waals surface area contributed by atoms with Gasteiger partial charge in [0.2, 0.25) is 0 Å². The summed E-state index contributed by atoms with van der Waals surface area (Å²) in [5.41, 5.74) is 1.82. The average molecular weight is 296 g/mol. The molecule has 3 aliphatic rings. The number of fused-ring (bicyclic) bond motifs is 2. The van der Waals surface area contributed by atoms with Crippen molar-refractivity contribution in [1.82, 2.24) is 5.32 Å². The molecule has 0 spiro atoms. The summed E-state index contributed by atoms with van der Waals surface area (Å²) in [5.74, 6) is 2.92. The van der Waals surface area contributed by atoms with Gasteiger partial charge in [-0.05, 0) is 53.7 Å². The smallest absolute Gasteiger partial charge is 0.115 e. The first-order chi connectivity index (χ1) is 8.98. The van der Waals surface area contributed by atoms with Crippen molar-refractivity contribution in [2.75, 3.05) is 0 Å². The minimum atomic E-state index is 0. The molecular weight excluding hydrogens is 270 g/mol. The van der Waals surface area contributed by atoms with Crippen molar-refractivity contribution in [3.05, 3.63) is 29.8 Å². The summed E-state index contributed by atoms with van der Waals surface area (Å²) in [6, 6.07) is 8.19. The minimum absolute atomic E-state index is 0. The molecule has 1 aromatic carbocycles. The van der Waals surface area contributed by atoms with Gasteiger partial charge in [-0.15, -0.1) is 12.4 Å². The number of halogens is 1. The first kappa shape index (κ1) is 15.7. The standard InChI is InChI=1S/C17H25NO.ClH/c1-11-15-8-13(17(15,2)3)9-16(11)18-10-12-4-6-14(19)7-5-12;/h4-7,11,13,15-16,18-19H,8-10H2,1-3H3;1H/t11-,13+,15-,16-;/m1./s1. The van der Waals surface area contributed by atoms with Crippen LogP contribution in [0.15, 0.2) is 24.3 Å². The third kappa shape index (κ3) is 2.56. The fourth-order valence-corrected chi connectivity index (χ4v) is 4.28. The van der Waals surface area contributed by atoms with E-state index >= 15 is 0 Å². The summed E-state index contributed by atoms with van der Waals surface area (Å²) in [4.78, 5) is 0. The molecule has 3 saturated carbocycles. The lowest BCUT2D eigenvalue weighted by Crippen LogP contribution is -2.59. The van der Waals surface area contributed by atoms with Crippen molar-refractivity contribution in [2.24, 2.45) is 23.2 Å². The lowest BCUT2D eigenvalue weighted by atomic mass is 9.45. The first-order valence-corrected chi connectivity index (χ1v) is 7.50. The van der Waals surface area contributed by atoms with Crippen LogP contribution in [0.5, 0.6) is 5.75 Å². The van der Waals surface area contributed by atoms with Crippen LogP contribution in [0.2, 0.25) is 0 Å². The number of benzene rings is 1. The zero-order valence-corrected chi connectivity index (χ0v) is 13.4. The molecule has 0 aliphatic heterocycles. The van der Waals surface area contributed by atoms with E-state index in [1.165, 1.54) is 18.4 Å². The van der Waals surface area contributed by atoms with Gasteiger partial charge in [0, 0.05) is 12.6 Å². The fourth-order valence-electron chi connectivity index (χ4n) is 4.28. The van der Waals surface area contributed by atoms with Gasteiger partial charge >= 0.3 is 0 Å². The van der Waals surface area contributed by atoms with E-state index in [9.17, 15) is 5.11 Å². The Labute approximate surface area is 128 Å². The second kappa shape index (κ2) is 5.57. The highest BCUT2D eigenvalue weighted by Crippen LogP contribution is 2.61. The SMILES string of the molecule is C[C@@H]1[C@H]2C[C@@H](C[C@H]1NCc1ccc(O)cc1)C2(C)C.Cl. The molecule has 3 aliphatic carbocycles. The number of phenolic OH excluding ortho intramolecular Hbond substituents is 1. The molecule has 0 unspecified atom stereocenters. The first-order valence-electron chi connectivity index (χ1n) is 7.50. The predicted octanol–water partition coefficient (Wildman–Crippen LogP) is 3.97. The van der Waals surface area contributed by atoms with Crippen molar-refractivity contribution in [2.45, 2.75) is 46.2 Å². The van der Waals surface area contributed by atoms with E-state index in [1.807, 2.05) is 12.1 Å². The summed E-state index contributed by atoms with van der Waals surface area (Å²) in [6.45, 7) is 8.21. The van der Waals surface area contributed by atoms with Crippen molar-refractivity contribution in [3.63, 3.8) is 0 Å². The summed E-state index contributed by atoms with van der Waals surface area (Å²) < 4.78 is 0. The van der Waals surface area contributed by atoms with E-state index in [2.05, 4.69) is 26.1 Å². The van der Waals surface area contributed by atoms with Crippen LogP contribution in [0.25, 0.3) is 0 Å². The van der Waals surface area contributed by atoms with E-state index < -0.39 is 0 Å². The van der Waals surface area contributed by atoms with Crippen LogP contribution in [0, 0.1) is 23.2 Å². The Bertz CT molecular complexity index is 457. The second-order valence-corrected chi connectivity index (χ2v) is 7.11. The molecule has 0 radical (unpaired) electrons.